The number of aliphatic hydroxyl groups is 1. The highest BCUT2D eigenvalue weighted by Crippen LogP contribution is 2.30. The number of fused-ring (bicyclic) bond motifs is 2. The number of rotatable bonds is 7. The average Bonchev–Trinajstić information content (AvgIpc) is 3.41. The molecular weight excluding hydrogens is 370 g/mol. The number of piperidine rings is 1. The number of para-hydroxylation sites is 1. The van der Waals surface area contributed by atoms with E-state index >= 15 is 0 Å². The molecule has 5 rings (SSSR count). The summed E-state index contributed by atoms with van der Waals surface area (Å²) in [6.45, 7) is 3.71. The van der Waals surface area contributed by atoms with E-state index in [2.05, 4.69) is 63.5 Å². The first-order valence-electron chi connectivity index (χ1n) is 11.3. The van der Waals surface area contributed by atoms with Crippen LogP contribution in [0.5, 0.6) is 0 Å². The predicted molar refractivity (Wildman–Crippen MR) is 124 cm³/mol. The van der Waals surface area contributed by atoms with Crippen LogP contribution in [0.25, 0.3) is 21.8 Å². The molecule has 0 radical (unpaired) electrons. The van der Waals surface area contributed by atoms with Crippen LogP contribution in [-0.2, 0) is 13.0 Å². The van der Waals surface area contributed by atoms with Crippen molar-refractivity contribution in [2.45, 2.75) is 44.6 Å². The predicted octanol–water partition coefficient (Wildman–Crippen LogP) is 5.34. The van der Waals surface area contributed by atoms with Crippen molar-refractivity contribution >= 4 is 21.8 Å². The van der Waals surface area contributed by atoms with Gasteiger partial charge < -0.3 is 20.0 Å². The minimum atomic E-state index is 0.106. The molecule has 2 aromatic heterocycles. The van der Waals surface area contributed by atoms with E-state index in [0.29, 0.717) is 5.92 Å². The largest absolute Gasteiger partial charge is 0.392 e. The first-order chi connectivity index (χ1) is 14.8. The lowest BCUT2D eigenvalue weighted by atomic mass is 9.93. The van der Waals surface area contributed by atoms with Gasteiger partial charge in [-0.3, -0.25) is 0 Å². The molecule has 3 heterocycles. The highest BCUT2D eigenvalue weighted by molar-refractivity contribution is 5.84. The number of aromatic amines is 2. The van der Waals surface area contributed by atoms with Gasteiger partial charge in [-0.25, -0.2) is 0 Å². The summed E-state index contributed by atoms with van der Waals surface area (Å²) in [6.07, 6.45) is 8.18. The number of benzene rings is 2. The zero-order valence-electron chi connectivity index (χ0n) is 17.5. The van der Waals surface area contributed by atoms with Gasteiger partial charge in [0.25, 0.3) is 0 Å². The number of hydrogen-bond acceptors (Lipinski definition) is 2. The monoisotopic (exact) mass is 401 g/mol. The lowest BCUT2D eigenvalue weighted by Crippen LogP contribution is -2.33. The molecule has 30 heavy (non-hydrogen) atoms. The van der Waals surface area contributed by atoms with Gasteiger partial charge in [-0.15, -0.1) is 0 Å². The Bertz CT molecular complexity index is 1080. The lowest BCUT2D eigenvalue weighted by Gasteiger charge is -2.31. The molecule has 4 nitrogen and oxygen atoms in total. The maximum absolute atomic E-state index is 9.39. The normalized spacial score (nSPS) is 16.0. The van der Waals surface area contributed by atoms with Crippen molar-refractivity contribution in [3.8, 4) is 0 Å². The van der Waals surface area contributed by atoms with Crippen LogP contribution in [0.15, 0.2) is 54.7 Å². The van der Waals surface area contributed by atoms with Crippen LogP contribution in [0.2, 0.25) is 0 Å². The fourth-order valence-corrected chi connectivity index (χ4v) is 4.96. The molecule has 4 aromatic rings. The number of aromatic nitrogens is 2. The fourth-order valence-electron chi connectivity index (χ4n) is 4.96. The molecule has 0 saturated carbocycles. The minimum absolute atomic E-state index is 0.106. The molecule has 1 fully saturated rings. The van der Waals surface area contributed by atoms with Crippen LogP contribution in [0.3, 0.4) is 0 Å². The Morgan fingerprint density at radius 3 is 2.67 bits per heavy atom. The maximum Gasteiger partial charge on any atom is 0.0682 e. The number of likely N-dealkylation sites (tertiary alicyclic amines) is 1. The highest BCUT2D eigenvalue weighted by Gasteiger charge is 2.21. The van der Waals surface area contributed by atoms with Gasteiger partial charge in [0.1, 0.15) is 0 Å². The Morgan fingerprint density at radius 1 is 0.967 bits per heavy atom. The molecular formula is C26H31N3O. The van der Waals surface area contributed by atoms with E-state index in [1.165, 1.54) is 78.4 Å². The summed E-state index contributed by atoms with van der Waals surface area (Å²) in [5.74, 6) is 0.667. The Morgan fingerprint density at radius 2 is 1.83 bits per heavy atom. The lowest BCUT2D eigenvalue weighted by molar-refractivity contribution is 0.208. The van der Waals surface area contributed by atoms with Crippen molar-refractivity contribution in [2.75, 3.05) is 19.6 Å². The van der Waals surface area contributed by atoms with E-state index < -0.39 is 0 Å². The number of unbranched alkanes of at least 4 members (excludes halogenated alkanes) is 1. The third-order valence-electron chi connectivity index (χ3n) is 6.76. The number of aryl methyl sites for hydroxylation is 1. The second-order valence-electron chi connectivity index (χ2n) is 8.74. The molecule has 0 bridgehead atoms. The zero-order chi connectivity index (χ0) is 20.3. The molecule has 1 aliphatic rings. The summed E-state index contributed by atoms with van der Waals surface area (Å²) in [6, 6.07) is 17.1. The van der Waals surface area contributed by atoms with E-state index in [4.69, 9.17) is 0 Å². The van der Waals surface area contributed by atoms with Crippen LogP contribution < -0.4 is 0 Å². The van der Waals surface area contributed by atoms with Gasteiger partial charge in [-0.05, 0) is 92.5 Å². The number of H-pyrrole nitrogens is 2. The Kier molecular flexibility index (Phi) is 5.60. The SMILES string of the molecule is OCc1ccc2[nH]cc(CCCCN3CCC(c4cc5ccccc5[nH]4)CC3)c2c1. The zero-order valence-corrected chi connectivity index (χ0v) is 17.5. The summed E-state index contributed by atoms with van der Waals surface area (Å²) in [7, 11) is 0. The maximum atomic E-state index is 9.39. The molecule has 0 atom stereocenters. The Balaban J connectivity index is 1.09. The average molecular weight is 402 g/mol. The molecule has 1 saturated heterocycles. The van der Waals surface area contributed by atoms with Crippen LogP contribution in [0.4, 0.5) is 0 Å². The van der Waals surface area contributed by atoms with E-state index in [0.717, 1.165) is 12.0 Å². The molecule has 0 amide bonds. The van der Waals surface area contributed by atoms with Gasteiger partial charge >= 0.3 is 0 Å². The van der Waals surface area contributed by atoms with Crippen LogP contribution in [0, 0.1) is 0 Å². The molecule has 3 N–H and O–H groups in total. The number of nitrogens with zero attached hydrogens (tertiary/aromatic N) is 1. The van der Waals surface area contributed by atoms with Crippen molar-refractivity contribution < 1.29 is 5.11 Å². The summed E-state index contributed by atoms with van der Waals surface area (Å²) < 4.78 is 0. The smallest absolute Gasteiger partial charge is 0.0682 e. The Labute approximate surface area is 177 Å². The molecule has 0 unspecified atom stereocenters. The molecule has 1 aliphatic heterocycles. The first-order valence-corrected chi connectivity index (χ1v) is 11.3. The van der Waals surface area contributed by atoms with E-state index in [-0.39, 0.29) is 6.61 Å². The van der Waals surface area contributed by atoms with E-state index in [9.17, 15) is 5.11 Å². The molecule has 0 spiro atoms. The van der Waals surface area contributed by atoms with Gasteiger partial charge in [-0.1, -0.05) is 24.3 Å². The Hall–Kier alpha value is -2.56. The summed E-state index contributed by atoms with van der Waals surface area (Å²) >= 11 is 0. The van der Waals surface area contributed by atoms with Gasteiger partial charge in [0, 0.05) is 34.2 Å². The van der Waals surface area contributed by atoms with Crippen LogP contribution in [-0.4, -0.2) is 39.6 Å². The van der Waals surface area contributed by atoms with Crippen molar-refractivity contribution in [3.63, 3.8) is 0 Å². The van der Waals surface area contributed by atoms with Crippen molar-refractivity contribution in [1.29, 1.82) is 0 Å². The summed E-state index contributed by atoms with van der Waals surface area (Å²) in [5.41, 5.74) is 6.20. The van der Waals surface area contributed by atoms with Gasteiger partial charge in [0.2, 0.25) is 0 Å². The van der Waals surface area contributed by atoms with Gasteiger partial charge in [-0.2, -0.15) is 0 Å². The molecule has 4 heteroatoms. The number of nitrogens with one attached hydrogen (secondary N) is 2. The standard InChI is InChI=1S/C26H31N3O/c30-18-19-8-9-25-23(15-19)22(17-27-25)6-3-4-12-29-13-10-20(11-14-29)26-16-21-5-1-2-7-24(21)28-26/h1-2,5,7-9,15-17,20,27-28,30H,3-4,6,10-14,18H2. The van der Waals surface area contributed by atoms with Crippen molar-refractivity contribution in [1.82, 2.24) is 14.9 Å². The first kappa shape index (κ1) is 19.4. The van der Waals surface area contributed by atoms with E-state index in [1.807, 2.05) is 6.07 Å². The molecule has 156 valence electrons. The minimum Gasteiger partial charge on any atom is -0.392 e. The van der Waals surface area contributed by atoms with Crippen molar-refractivity contribution in [3.05, 3.63) is 71.5 Å². The summed E-state index contributed by atoms with van der Waals surface area (Å²) in [4.78, 5) is 9.64. The molecule has 0 aliphatic carbocycles. The van der Waals surface area contributed by atoms with Crippen LogP contribution in [0.1, 0.15) is 48.4 Å². The van der Waals surface area contributed by atoms with Gasteiger partial charge in [0.05, 0.1) is 6.61 Å². The second kappa shape index (κ2) is 8.66. The second-order valence-corrected chi connectivity index (χ2v) is 8.74. The quantitative estimate of drug-likeness (QED) is 0.366. The number of aliphatic hydroxyl groups excluding tert-OH is 1. The third kappa shape index (κ3) is 4.03. The van der Waals surface area contributed by atoms with Crippen molar-refractivity contribution in [2.24, 2.45) is 0 Å². The van der Waals surface area contributed by atoms with Gasteiger partial charge in [0.15, 0.2) is 0 Å². The topological polar surface area (TPSA) is 55.0 Å². The highest BCUT2D eigenvalue weighted by atomic mass is 16.3. The van der Waals surface area contributed by atoms with E-state index in [1.54, 1.807) is 0 Å². The fraction of sp³-hybridized carbons (Fsp3) is 0.385. The summed E-state index contributed by atoms with van der Waals surface area (Å²) in [5, 5.41) is 12.0. The molecule has 2 aromatic carbocycles. The third-order valence-corrected chi connectivity index (χ3v) is 6.76. The number of hydrogen-bond donors (Lipinski definition) is 3. The van der Waals surface area contributed by atoms with Crippen LogP contribution >= 0.6 is 0 Å².